The molecule has 0 spiro atoms. The van der Waals surface area contributed by atoms with Gasteiger partial charge >= 0.3 is 0 Å². The Hall–Kier alpha value is -0.760. The van der Waals surface area contributed by atoms with Gasteiger partial charge in [-0.3, -0.25) is 0 Å². The van der Waals surface area contributed by atoms with Crippen LogP contribution in [0.1, 0.15) is 49.2 Å². The maximum atomic E-state index is 5.52. The van der Waals surface area contributed by atoms with Crippen LogP contribution in [0.15, 0.2) is 10.5 Å². The first kappa shape index (κ1) is 11.7. The molecule has 0 saturated heterocycles. The van der Waals surface area contributed by atoms with Crippen molar-refractivity contribution in [3.05, 3.63) is 23.2 Å². The van der Waals surface area contributed by atoms with Gasteiger partial charge in [-0.15, -0.1) is 0 Å². The zero-order valence-electron chi connectivity index (χ0n) is 10.5. The average molecular weight is 221 g/mol. The van der Waals surface area contributed by atoms with Crippen LogP contribution < -0.4 is 5.32 Å². The largest absolute Gasteiger partial charge is 0.466 e. The third-order valence-electron chi connectivity index (χ3n) is 3.62. The minimum absolute atomic E-state index is 0.905. The van der Waals surface area contributed by atoms with E-state index in [0.29, 0.717) is 0 Å². The second kappa shape index (κ2) is 5.53. The van der Waals surface area contributed by atoms with Crippen molar-refractivity contribution in [2.24, 2.45) is 5.92 Å². The predicted octanol–water partition coefficient (Wildman–Crippen LogP) is 3.57. The summed E-state index contributed by atoms with van der Waals surface area (Å²) in [5.74, 6) is 2.99. The maximum absolute atomic E-state index is 5.52. The second-order valence-corrected chi connectivity index (χ2v) is 5.07. The summed E-state index contributed by atoms with van der Waals surface area (Å²) in [6.45, 7) is 6.19. The van der Waals surface area contributed by atoms with Gasteiger partial charge in [0.15, 0.2) is 0 Å². The van der Waals surface area contributed by atoms with Crippen molar-refractivity contribution in [3.63, 3.8) is 0 Å². The molecule has 0 bridgehead atoms. The first-order chi connectivity index (χ1) is 7.75. The molecule has 0 aliphatic heterocycles. The highest BCUT2D eigenvalue weighted by Crippen LogP contribution is 2.23. The third-order valence-corrected chi connectivity index (χ3v) is 3.62. The molecule has 0 amide bonds. The fourth-order valence-electron chi connectivity index (χ4n) is 2.66. The van der Waals surface area contributed by atoms with Crippen LogP contribution in [0, 0.1) is 19.8 Å². The Morgan fingerprint density at radius 3 is 2.62 bits per heavy atom. The second-order valence-electron chi connectivity index (χ2n) is 5.07. The van der Waals surface area contributed by atoms with Gasteiger partial charge in [0.1, 0.15) is 11.5 Å². The van der Waals surface area contributed by atoms with Gasteiger partial charge in [-0.05, 0) is 45.2 Å². The topological polar surface area (TPSA) is 25.2 Å². The van der Waals surface area contributed by atoms with Gasteiger partial charge in [0.05, 0.1) is 0 Å². The molecule has 2 rings (SSSR count). The van der Waals surface area contributed by atoms with Crippen LogP contribution >= 0.6 is 0 Å². The van der Waals surface area contributed by atoms with Crippen LogP contribution in [0.5, 0.6) is 0 Å². The predicted molar refractivity (Wildman–Crippen MR) is 66.5 cm³/mol. The highest BCUT2D eigenvalue weighted by molar-refractivity contribution is 5.19. The van der Waals surface area contributed by atoms with Crippen molar-refractivity contribution in [1.82, 2.24) is 5.32 Å². The molecule has 0 aromatic carbocycles. The van der Waals surface area contributed by atoms with Crippen LogP contribution in [-0.2, 0) is 6.54 Å². The lowest BCUT2D eigenvalue weighted by atomic mass is 9.89. The molecule has 1 aliphatic rings. The molecular formula is C14H23NO. The molecule has 2 nitrogen and oxygen atoms in total. The van der Waals surface area contributed by atoms with Gasteiger partial charge < -0.3 is 9.73 Å². The Morgan fingerprint density at radius 2 is 2.00 bits per heavy atom. The molecule has 90 valence electrons. The normalized spacial score (nSPS) is 17.9. The Kier molecular flexibility index (Phi) is 4.05. The van der Waals surface area contributed by atoms with E-state index < -0.39 is 0 Å². The Morgan fingerprint density at radius 1 is 1.25 bits per heavy atom. The lowest BCUT2D eigenvalue weighted by molar-refractivity contribution is 0.341. The van der Waals surface area contributed by atoms with E-state index in [9.17, 15) is 0 Å². The molecule has 1 aliphatic carbocycles. The molecule has 1 aromatic heterocycles. The maximum Gasteiger partial charge on any atom is 0.105 e. The molecule has 0 radical (unpaired) electrons. The van der Waals surface area contributed by atoms with Crippen molar-refractivity contribution in [2.75, 3.05) is 6.54 Å². The fraction of sp³-hybridized carbons (Fsp3) is 0.714. The number of hydrogen-bond acceptors (Lipinski definition) is 2. The Balaban J connectivity index is 1.73. The van der Waals surface area contributed by atoms with Crippen molar-refractivity contribution in [2.45, 2.75) is 52.5 Å². The number of rotatable bonds is 4. The zero-order chi connectivity index (χ0) is 11.4. The highest BCUT2D eigenvalue weighted by Gasteiger charge is 2.13. The number of nitrogens with one attached hydrogen (secondary N) is 1. The molecule has 2 heteroatoms. The van der Waals surface area contributed by atoms with Gasteiger partial charge in [-0.1, -0.05) is 19.3 Å². The molecule has 1 N–H and O–H groups in total. The summed E-state index contributed by atoms with van der Waals surface area (Å²) in [7, 11) is 0. The van der Waals surface area contributed by atoms with E-state index in [-0.39, 0.29) is 0 Å². The smallest absolute Gasteiger partial charge is 0.105 e. The van der Waals surface area contributed by atoms with Crippen molar-refractivity contribution >= 4 is 0 Å². The van der Waals surface area contributed by atoms with Crippen LogP contribution in [-0.4, -0.2) is 6.54 Å². The molecule has 16 heavy (non-hydrogen) atoms. The zero-order valence-corrected chi connectivity index (χ0v) is 10.5. The first-order valence-corrected chi connectivity index (χ1v) is 6.52. The Labute approximate surface area is 98.4 Å². The summed E-state index contributed by atoms with van der Waals surface area (Å²) in [4.78, 5) is 0. The van der Waals surface area contributed by atoms with Crippen molar-refractivity contribution in [1.29, 1.82) is 0 Å². The van der Waals surface area contributed by atoms with Crippen molar-refractivity contribution in [3.8, 4) is 0 Å². The summed E-state index contributed by atoms with van der Waals surface area (Å²) < 4.78 is 5.52. The quantitative estimate of drug-likeness (QED) is 0.841. The third kappa shape index (κ3) is 3.11. The van der Waals surface area contributed by atoms with Crippen molar-refractivity contribution < 1.29 is 4.42 Å². The van der Waals surface area contributed by atoms with Crippen LogP contribution in [0.3, 0.4) is 0 Å². The van der Waals surface area contributed by atoms with E-state index >= 15 is 0 Å². The Bertz CT molecular complexity index is 323. The summed E-state index contributed by atoms with van der Waals surface area (Å²) in [5.41, 5.74) is 1.31. The van der Waals surface area contributed by atoms with E-state index in [1.807, 2.05) is 13.8 Å². The van der Waals surface area contributed by atoms with E-state index in [4.69, 9.17) is 4.42 Å². The van der Waals surface area contributed by atoms with Gasteiger partial charge in [0, 0.05) is 12.1 Å². The molecule has 0 atom stereocenters. The summed E-state index contributed by atoms with van der Waals surface area (Å²) in [6.07, 6.45) is 7.12. The first-order valence-electron chi connectivity index (χ1n) is 6.52. The lowest BCUT2D eigenvalue weighted by Crippen LogP contribution is -2.24. The van der Waals surface area contributed by atoms with Crippen LogP contribution in [0.4, 0.5) is 0 Å². The molecule has 1 aromatic rings. The van der Waals surface area contributed by atoms with E-state index in [0.717, 1.165) is 24.0 Å². The average Bonchev–Trinajstić information content (AvgIpc) is 2.59. The number of hydrogen-bond donors (Lipinski definition) is 1. The number of aryl methyl sites for hydroxylation is 2. The van der Waals surface area contributed by atoms with Gasteiger partial charge in [0.25, 0.3) is 0 Å². The highest BCUT2D eigenvalue weighted by atomic mass is 16.3. The van der Waals surface area contributed by atoms with Gasteiger partial charge in [-0.2, -0.15) is 0 Å². The van der Waals surface area contributed by atoms with Crippen LogP contribution in [0.2, 0.25) is 0 Å². The lowest BCUT2D eigenvalue weighted by Gasteiger charge is -2.21. The van der Waals surface area contributed by atoms with E-state index in [1.54, 1.807) is 0 Å². The molecule has 1 saturated carbocycles. The monoisotopic (exact) mass is 221 g/mol. The molecule has 0 unspecified atom stereocenters. The van der Waals surface area contributed by atoms with Crippen LogP contribution in [0.25, 0.3) is 0 Å². The molecule has 1 fully saturated rings. The van der Waals surface area contributed by atoms with Gasteiger partial charge in [-0.25, -0.2) is 0 Å². The summed E-state index contributed by atoms with van der Waals surface area (Å²) >= 11 is 0. The minimum atomic E-state index is 0.905. The molecular weight excluding hydrogens is 198 g/mol. The van der Waals surface area contributed by atoms with Gasteiger partial charge in [0.2, 0.25) is 0 Å². The minimum Gasteiger partial charge on any atom is -0.466 e. The number of furan rings is 1. The molecule has 1 heterocycles. The SMILES string of the molecule is Cc1cc(CNCC2CCCCC2)c(C)o1. The fourth-order valence-corrected chi connectivity index (χ4v) is 2.66. The van der Waals surface area contributed by atoms with E-state index in [1.165, 1.54) is 44.2 Å². The van der Waals surface area contributed by atoms with E-state index in [2.05, 4.69) is 11.4 Å². The summed E-state index contributed by atoms with van der Waals surface area (Å²) in [5, 5.41) is 3.57. The summed E-state index contributed by atoms with van der Waals surface area (Å²) in [6, 6.07) is 2.14. The standard InChI is InChI=1S/C14H23NO/c1-11-8-14(12(2)16-11)10-15-9-13-6-4-3-5-7-13/h8,13,15H,3-7,9-10H2,1-2H3.